The molecule has 0 aromatic heterocycles. The van der Waals surface area contributed by atoms with E-state index in [2.05, 4.69) is 0 Å². The fraction of sp³-hybridized carbons (Fsp3) is 0.714. The van der Waals surface area contributed by atoms with E-state index in [-0.39, 0.29) is 6.42 Å². The number of carbonyl (C=O) groups is 2. The van der Waals surface area contributed by atoms with E-state index < -0.39 is 17.5 Å². The number of aliphatic carboxylic acids is 2. The van der Waals surface area contributed by atoms with Crippen molar-refractivity contribution >= 4 is 11.9 Å². The summed E-state index contributed by atoms with van der Waals surface area (Å²) in [5.41, 5.74) is -1.68. The minimum absolute atomic E-state index is 0.189. The summed E-state index contributed by atoms with van der Waals surface area (Å²) in [4.78, 5) is 22.9. The molecular weight excluding hydrogens is 162 g/mol. The number of likely N-dealkylation sites (tertiary alicyclic amines) is 1. The van der Waals surface area contributed by atoms with E-state index in [0.717, 1.165) is 0 Å². The van der Waals surface area contributed by atoms with Gasteiger partial charge in [-0.05, 0) is 26.4 Å². The first-order valence-electron chi connectivity index (χ1n) is 3.70. The smallest absolute Gasteiger partial charge is 0.335 e. The van der Waals surface area contributed by atoms with Crippen molar-refractivity contribution in [1.82, 2.24) is 4.90 Å². The van der Waals surface area contributed by atoms with Crippen LogP contribution in [0.4, 0.5) is 0 Å². The highest BCUT2D eigenvalue weighted by molar-refractivity contribution is 6.03. The van der Waals surface area contributed by atoms with Crippen molar-refractivity contribution < 1.29 is 19.8 Å². The van der Waals surface area contributed by atoms with Gasteiger partial charge in [-0.3, -0.25) is 4.90 Å². The predicted molar refractivity (Wildman–Crippen MR) is 39.9 cm³/mol. The maximum atomic E-state index is 10.8. The third-order valence-corrected chi connectivity index (χ3v) is 2.39. The number of carboxylic acids is 2. The molecule has 0 aliphatic carbocycles. The van der Waals surface area contributed by atoms with Gasteiger partial charge in [0.15, 0.2) is 0 Å². The van der Waals surface area contributed by atoms with Crippen LogP contribution in [0.2, 0.25) is 0 Å². The van der Waals surface area contributed by atoms with Gasteiger partial charge in [-0.2, -0.15) is 0 Å². The van der Waals surface area contributed by atoms with Crippen molar-refractivity contribution in [3.63, 3.8) is 0 Å². The van der Waals surface area contributed by atoms with Crippen molar-refractivity contribution in [1.29, 1.82) is 0 Å². The summed E-state index contributed by atoms with van der Waals surface area (Å²) < 4.78 is 0. The van der Waals surface area contributed by atoms with Gasteiger partial charge in [-0.1, -0.05) is 0 Å². The van der Waals surface area contributed by atoms with Crippen molar-refractivity contribution in [3.8, 4) is 0 Å². The molecule has 0 radical (unpaired) electrons. The molecule has 68 valence electrons. The zero-order valence-corrected chi connectivity index (χ0v) is 6.78. The molecule has 1 heterocycles. The highest BCUT2D eigenvalue weighted by Gasteiger charge is 2.52. The van der Waals surface area contributed by atoms with Gasteiger partial charge in [0.1, 0.15) is 0 Å². The Bertz CT molecular complexity index is 211. The molecule has 0 aromatic carbocycles. The topological polar surface area (TPSA) is 77.8 Å². The number of likely N-dealkylation sites (N-methyl/N-ethyl adjacent to an activating group) is 1. The number of carboxylic acid groups (broad SMARTS) is 2. The van der Waals surface area contributed by atoms with Crippen LogP contribution in [0.5, 0.6) is 0 Å². The van der Waals surface area contributed by atoms with Gasteiger partial charge in [0.05, 0.1) is 0 Å². The lowest BCUT2D eigenvalue weighted by Gasteiger charge is -2.26. The second-order valence-corrected chi connectivity index (χ2v) is 3.00. The van der Waals surface area contributed by atoms with Crippen LogP contribution in [0.1, 0.15) is 12.8 Å². The molecule has 1 rings (SSSR count). The minimum atomic E-state index is -1.68. The summed E-state index contributed by atoms with van der Waals surface area (Å²) in [6, 6.07) is 0. The van der Waals surface area contributed by atoms with E-state index in [4.69, 9.17) is 10.2 Å². The molecule has 5 nitrogen and oxygen atoms in total. The van der Waals surface area contributed by atoms with Gasteiger partial charge in [0, 0.05) is 0 Å². The summed E-state index contributed by atoms with van der Waals surface area (Å²) in [5.74, 6) is -2.54. The summed E-state index contributed by atoms with van der Waals surface area (Å²) in [5, 5.41) is 17.6. The Morgan fingerprint density at radius 1 is 1.33 bits per heavy atom. The molecule has 0 saturated carbocycles. The number of hydrogen-bond acceptors (Lipinski definition) is 3. The van der Waals surface area contributed by atoms with Crippen molar-refractivity contribution in [2.75, 3.05) is 13.6 Å². The molecule has 12 heavy (non-hydrogen) atoms. The number of hydrogen-bond donors (Lipinski definition) is 2. The van der Waals surface area contributed by atoms with Gasteiger partial charge >= 0.3 is 11.9 Å². The van der Waals surface area contributed by atoms with E-state index in [1.807, 2.05) is 0 Å². The predicted octanol–water partition coefficient (Wildman–Crippen LogP) is -0.380. The Kier molecular flexibility index (Phi) is 2.06. The van der Waals surface area contributed by atoms with Gasteiger partial charge in [0.2, 0.25) is 5.54 Å². The van der Waals surface area contributed by atoms with E-state index in [0.29, 0.717) is 13.0 Å². The standard InChI is InChI=1S/C7H11NO4/c1-8-4-2-3-7(8,5(9)10)6(11)12/h2-4H2,1H3,(H,9,10)(H,11,12). The van der Waals surface area contributed by atoms with Crippen LogP contribution in [0.3, 0.4) is 0 Å². The normalized spacial score (nSPS) is 22.4. The minimum Gasteiger partial charge on any atom is -0.479 e. The lowest BCUT2D eigenvalue weighted by Crippen LogP contribution is -2.54. The molecule has 0 amide bonds. The molecule has 0 spiro atoms. The summed E-state index contributed by atoms with van der Waals surface area (Å²) in [6.45, 7) is 0.526. The molecule has 2 N–H and O–H groups in total. The van der Waals surface area contributed by atoms with Crippen molar-refractivity contribution in [3.05, 3.63) is 0 Å². The molecule has 1 saturated heterocycles. The average Bonchev–Trinajstić information content (AvgIpc) is 2.31. The SMILES string of the molecule is CN1CCCC1(C(=O)O)C(=O)O. The van der Waals surface area contributed by atoms with Crippen LogP contribution >= 0.6 is 0 Å². The molecular formula is C7H11NO4. The first kappa shape index (κ1) is 8.99. The zero-order chi connectivity index (χ0) is 9.35. The monoisotopic (exact) mass is 173 g/mol. The van der Waals surface area contributed by atoms with Crippen LogP contribution in [-0.2, 0) is 9.59 Å². The Hall–Kier alpha value is -1.10. The molecule has 0 atom stereocenters. The summed E-state index contributed by atoms with van der Waals surface area (Å²) >= 11 is 0. The number of nitrogens with zero attached hydrogens (tertiary/aromatic N) is 1. The van der Waals surface area contributed by atoms with Gasteiger partial charge < -0.3 is 10.2 Å². The van der Waals surface area contributed by atoms with Crippen LogP contribution in [0, 0.1) is 0 Å². The highest BCUT2D eigenvalue weighted by Crippen LogP contribution is 2.28. The lowest BCUT2D eigenvalue weighted by atomic mass is 9.97. The quantitative estimate of drug-likeness (QED) is 0.556. The largest absolute Gasteiger partial charge is 0.479 e. The molecule has 0 aromatic rings. The first-order chi connectivity index (χ1) is 5.51. The summed E-state index contributed by atoms with van der Waals surface area (Å²) in [7, 11) is 1.52. The third kappa shape index (κ3) is 0.972. The zero-order valence-electron chi connectivity index (χ0n) is 6.78. The Morgan fingerprint density at radius 2 is 1.83 bits per heavy atom. The van der Waals surface area contributed by atoms with Crippen molar-refractivity contribution in [2.24, 2.45) is 0 Å². The average molecular weight is 173 g/mol. The van der Waals surface area contributed by atoms with Crippen LogP contribution in [0.15, 0.2) is 0 Å². The van der Waals surface area contributed by atoms with E-state index in [1.54, 1.807) is 0 Å². The molecule has 0 bridgehead atoms. The number of rotatable bonds is 2. The van der Waals surface area contributed by atoms with E-state index >= 15 is 0 Å². The fourth-order valence-corrected chi connectivity index (χ4v) is 1.59. The van der Waals surface area contributed by atoms with Gasteiger partial charge in [-0.25, -0.2) is 9.59 Å². The van der Waals surface area contributed by atoms with E-state index in [9.17, 15) is 9.59 Å². The van der Waals surface area contributed by atoms with Crippen LogP contribution in [-0.4, -0.2) is 46.2 Å². The third-order valence-electron chi connectivity index (χ3n) is 2.39. The van der Waals surface area contributed by atoms with Gasteiger partial charge in [0.25, 0.3) is 0 Å². The maximum absolute atomic E-state index is 10.8. The van der Waals surface area contributed by atoms with Gasteiger partial charge in [-0.15, -0.1) is 0 Å². The Labute approximate surface area is 69.6 Å². The van der Waals surface area contributed by atoms with Crippen molar-refractivity contribution in [2.45, 2.75) is 18.4 Å². The van der Waals surface area contributed by atoms with E-state index in [1.165, 1.54) is 11.9 Å². The molecule has 1 aliphatic heterocycles. The van der Waals surface area contributed by atoms with Crippen LogP contribution < -0.4 is 0 Å². The maximum Gasteiger partial charge on any atom is 0.335 e. The lowest BCUT2D eigenvalue weighted by molar-refractivity contribution is -0.164. The molecule has 0 unspecified atom stereocenters. The summed E-state index contributed by atoms with van der Waals surface area (Å²) in [6.07, 6.45) is 0.809. The molecule has 1 fully saturated rings. The first-order valence-corrected chi connectivity index (χ1v) is 3.70. The second-order valence-electron chi connectivity index (χ2n) is 3.00. The Balaban J connectivity index is 3.01. The highest BCUT2D eigenvalue weighted by atomic mass is 16.4. The second kappa shape index (κ2) is 2.75. The molecule has 1 aliphatic rings. The Morgan fingerprint density at radius 3 is 2.00 bits per heavy atom. The fourth-order valence-electron chi connectivity index (χ4n) is 1.59. The van der Waals surface area contributed by atoms with Crippen LogP contribution in [0.25, 0.3) is 0 Å². The molecule has 5 heteroatoms.